The molecule has 0 unspecified atom stereocenters. The molecule has 1 amide bonds. The van der Waals surface area contributed by atoms with E-state index in [4.69, 9.17) is 0 Å². The van der Waals surface area contributed by atoms with Crippen LogP contribution in [0, 0.1) is 10.1 Å². The largest absolute Gasteiger partial charge is 0.326 e. The van der Waals surface area contributed by atoms with Crippen molar-refractivity contribution in [2.75, 3.05) is 23.8 Å². The molecule has 1 heterocycles. The van der Waals surface area contributed by atoms with E-state index in [0.29, 0.717) is 30.1 Å². The van der Waals surface area contributed by atoms with E-state index in [-0.39, 0.29) is 22.2 Å². The van der Waals surface area contributed by atoms with Crippen LogP contribution in [-0.2, 0) is 14.8 Å². The zero-order valence-corrected chi connectivity index (χ0v) is 18.0. The highest BCUT2D eigenvalue weighted by Gasteiger charge is 2.29. The second-order valence-electron chi connectivity index (χ2n) is 7.12. The molecule has 164 valence electrons. The first kappa shape index (κ1) is 22.4. The fourth-order valence-corrected chi connectivity index (χ4v) is 4.77. The van der Waals surface area contributed by atoms with Crippen molar-refractivity contribution in [1.29, 1.82) is 0 Å². The van der Waals surface area contributed by atoms with E-state index in [1.165, 1.54) is 23.4 Å². The van der Waals surface area contributed by atoms with Crippen LogP contribution in [0.5, 0.6) is 0 Å². The molecule has 0 atom stereocenters. The molecule has 31 heavy (non-hydrogen) atoms. The zero-order chi connectivity index (χ0) is 22.6. The highest BCUT2D eigenvalue weighted by atomic mass is 32.2. The molecular weight excluding hydrogens is 422 g/mol. The number of hydrazone groups is 1. The van der Waals surface area contributed by atoms with Crippen molar-refractivity contribution < 1.29 is 18.1 Å². The van der Waals surface area contributed by atoms with E-state index in [1.54, 1.807) is 31.2 Å². The number of carbonyl (C=O) groups is 1. The van der Waals surface area contributed by atoms with Gasteiger partial charge in [0, 0.05) is 31.8 Å². The molecule has 2 N–H and O–H groups in total. The van der Waals surface area contributed by atoms with Crippen LogP contribution in [0.25, 0.3) is 0 Å². The van der Waals surface area contributed by atoms with Gasteiger partial charge in [-0.1, -0.05) is 12.1 Å². The third kappa shape index (κ3) is 5.25. The Bertz CT molecular complexity index is 1140. The van der Waals surface area contributed by atoms with Crippen molar-refractivity contribution in [2.45, 2.75) is 31.6 Å². The summed E-state index contributed by atoms with van der Waals surface area (Å²) in [5.74, 6) is -0.204. The molecule has 1 saturated heterocycles. The second kappa shape index (κ2) is 9.23. The van der Waals surface area contributed by atoms with Crippen LogP contribution in [0.1, 0.15) is 32.3 Å². The van der Waals surface area contributed by atoms with E-state index < -0.39 is 14.9 Å². The van der Waals surface area contributed by atoms with Crippen LogP contribution in [0.4, 0.5) is 17.1 Å². The van der Waals surface area contributed by atoms with Crippen LogP contribution in [0.2, 0.25) is 0 Å². The highest BCUT2D eigenvalue weighted by molar-refractivity contribution is 7.89. The van der Waals surface area contributed by atoms with Gasteiger partial charge in [0.05, 0.1) is 15.5 Å². The van der Waals surface area contributed by atoms with Gasteiger partial charge in [-0.05, 0) is 49.6 Å². The molecule has 2 aromatic rings. The number of benzene rings is 2. The molecule has 0 saturated carbocycles. The maximum absolute atomic E-state index is 12.7. The van der Waals surface area contributed by atoms with Gasteiger partial charge in [-0.2, -0.15) is 9.41 Å². The van der Waals surface area contributed by atoms with Gasteiger partial charge in [-0.3, -0.25) is 20.3 Å². The molecule has 0 bridgehead atoms. The first-order chi connectivity index (χ1) is 14.7. The number of sulfonamides is 1. The maximum atomic E-state index is 12.7. The van der Waals surface area contributed by atoms with Gasteiger partial charge in [-0.15, -0.1) is 0 Å². The Hall–Kier alpha value is -3.31. The molecule has 1 fully saturated rings. The summed E-state index contributed by atoms with van der Waals surface area (Å²) in [5, 5.41) is 18.4. The van der Waals surface area contributed by atoms with Gasteiger partial charge >= 0.3 is 0 Å². The van der Waals surface area contributed by atoms with E-state index in [1.807, 2.05) is 0 Å². The van der Waals surface area contributed by atoms with Crippen molar-refractivity contribution in [3.05, 3.63) is 58.1 Å². The van der Waals surface area contributed by atoms with Crippen LogP contribution >= 0.6 is 0 Å². The van der Waals surface area contributed by atoms with Gasteiger partial charge in [0.25, 0.3) is 5.69 Å². The SMILES string of the molecule is CC(=O)Nc1cccc(/C(C)=N\Nc2ccc(S(=O)(=O)N3CCCC3)cc2[N+](=O)[O-])c1. The lowest BCUT2D eigenvalue weighted by atomic mass is 10.1. The smallest absolute Gasteiger partial charge is 0.295 e. The quantitative estimate of drug-likeness (QED) is 0.382. The summed E-state index contributed by atoms with van der Waals surface area (Å²) in [6, 6.07) is 10.7. The number of carbonyl (C=O) groups excluding carboxylic acids is 1. The zero-order valence-electron chi connectivity index (χ0n) is 17.2. The molecule has 2 aromatic carbocycles. The van der Waals surface area contributed by atoms with Gasteiger partial charge < -0.3 is 5.32 Å². The Morgan fingerprint density at radius 2 is 1.84 bits per heavy atom. The third-order valence-electron chi connectivity index (χ3n) is 4.81. The number of hydrogen-bond acceptors (Lipinski definition) is 7. The molecule has 0 aromatic heterocycles. The molecule has 0 aliphatic carbocycles. The van der Waals surface area contributed by atoms with Crippen LogP contribution in [0.15, 0.2) is 52.5 Å². The first-order valence-corrected chi connectivity index (χ1v) is 11.1. The van der Waals surface area contributed by atoms with Crippen molar-refractivity contribution in [2.24, 2.45) is 5.10 Å². The van der Waals surface area contributed by atoms with Crippen molar-refractivity contribution in [1.82, 2.24) is 4.31 Å². The lowest BCUT2D eigenvalue weighted by Crippen LogP contribution is -2.27. The summed E-state index contributed by atoms with van der Waals surface area (Å²) in [7, 11) is -3.77. The monoisotopic (exact) mass is 445 g/mol. The van der Waals surface area contributed by atoms with Crippen molar-refractivity contribution in [3.8, 4) is 0 Å². The molecule has 3 rings (SSSR count). The number of anilines is 2. The maximum Gasteiger partial charge on any atom is 0.295 e. The Morgan fingerprint density at radius 3 is 2.48 bits per heavy atom. The summed E-state index contributed by atoms with van der Waals surface area (Å²) < 4.78 is 26.7. The van der Waals surface area contributed by atoms with Crippen molar-refractivity contribution >= 4 is 38.7 Å². The van der Waals surface area contributed by atoms with Gasteiger partial charge in [0.15, 0.2) is 0 Å². The fraction of sp³-hybridized carbons (Fsp3) is 0.300. The highest BCUT2D eigenvalue weighted by Crippen LogP contribution is 2.30. The molecule has 11 heteroatoms. The Balaban J connectivity index is 1.86. The van der Waals surface area contributed by atoms with Crippen LogP contribution in [0.3, 0.4) is 0 Å². The summed E-state index contributed by atoms with van der Waals surface area (Å²) in [6.45, 7) is 3.94. The summed E-state index contributed by atoms with van der Waals surface area (Å²) >= 11 is 0. The van der Waals surface area contributed by atoms with E-state index in [0.717, 1.165) is 18.9 Å². The number of amides is 1. The average molecular weight is 446 g/mol. The summed E-state index contributed by atoms with van der Waals surface area (Å²) in [4.78, 5) is 22.0. The molecule has 0 radical (unpaired) electrons. The van der Waals surface area contributed by atoms with E-state index in [9.17, 15) is 23.3 Å². The number of nitrogens with zero attached hydrogens (tertiary/aromatic N) is 3. The van der Waals surface area contributed by atoms with E-state index >= 15 is 0 Å². The van der Waals surface area contributed by atoms with Crippen LogP contribution in [-0.4, -0.2) is 42.4 Å². The molecule has 0 spiro atoms. The van der Waals surface area contributed by atoms with Gasteiger partial charge in [0.1, 0.15) is 5.69 Å². The minimum Gasteiger partial charge on any atom is -0.326 e. The molecule has 1 aliphatic heterocycles. The minimum absolute atomic E-state index is 0.0720. The predicted octanol–water partition coefficient (Wildman–Crippen LogP) is 3.17. The number of hydrogen-bond donors (Lipinski definition) is 2. The molecular formula is C20H23N5O5S. The lowest BCUT2D eigenvalue weighted by Gasteiger charge is -2.15. The standard InChI is InChI=1S/C20H23N5O5S/c1-14(16-6-5-7-17(12-16)21-15(2)26)22-23-19-9-8-18(13-20(19)25(27)28)31(29,30)24-10-3-4-11-24/h5-9,12-13,23H,3-4,10-11H2,1-2H3,(H,21,26)/b22-14-. The predicted molar refractivity (Wildman–Crippen MR) is 118 cm³/mol. The van der Waals surface area contributed by atoms with E-state index in [2.05, 4.69) is 15.8 Å². The lowest BCUT2D eigenvalue weighted by molar-refractivity contribution is -0.384. The summed E-state index contributed by atoms with van der Waals surface area (Å²) in [5.41, 5.74) is 4.16. The van der Waals surface area contributed by atoms with Gasteiger partial charge in [0.2, 0.25) is 15.9 Å². The molecule has 10 nitrogen and oxygen atoms in total. The Labute approximate surface area is 180 Å². The number of nitro groups is 1. The number of nitrogens with one attached hydrogen (secondary N) is 2. The number of nitro benzene ring substituents is 1. The molecule has 1 aliphatic rings. The van der Waals surface area contributed by atoms with Crippen LogP contribution < -0.4 is 10.7 Å². The average Bonchev–Trinajstić information content (AvgIpc) is 3.27. The van der Waals surface area contributed by atoms with Gasteiger partial charge in [-0.25, -0.2) is 8.42 Å². The normalized spacial score (nSPS) is 15.0. The Kier molecular flexibility index (Phi) is 6.66. The first-order valence-electron chi connectivity index (χ1n) is 9.65. The Morgan fingerprint density at radius 1 is 1.13 bits per heavy atom. The minimum atomic E-state index is -3.77. The van der Waals surface area contributed by atoms with Crippen molar-refractivity contribution in [3.63, 3.8) is 0 Å². The topological polar surface area (TPSA) is 134 Å². The third-order valence-corrected chi connectivity index (χ3v) is 6.71. The number of rotatable bonds is 7. The fourth-order valence-electron chi connectivity index (χ4n) is 3.23. The second-order valence-corrected chi connectivity index (χ2v) is 9.06. The summed E-state index contributed by atoms with van der Waals surface area (Å²) in [6.07, 6.45) is 1.55.